The van der Waals surface area contributed by atoms with Crippen LogP contribution in [-0.4, -0.2) is 41.0 Å². The third-order valence-corrected chi connectivity index (χ3v) is 6.12. The molecule has 0 bridgehead atoms. The molecule has 4 rings (SSSR count). The van der Waals surface area contributed by atoms with Crippen LogP contribution in [-0.2, 0) is 6.54 Å². The third kappa shape index (κ3) is 2.63. The van der Waals surface area contributed by atoms with Gasteiger partial charge in [-0.25, -0.2) is 4.98 Å². The topological polar surface area (TPSA) is 32.3 Å². The molecule has 1 saturated heterocycles. The van der Waals surface area contributed by atoms with Crippen molar-refractivity contribution >= 4 is 17.2 Å². The maximum absolute atomic E-state index is 4.47. The van der Waals surface area contributed by atoms with E-state index in [1.807, 2.05) is 17.5 Å². The van der Waals surface area contributed by atoms with E-state index in [0.717, 1.165) is 24.2 Å². The van der Waals surface area contributed by atoms with Crippen LogP contribution in [0, 0.1) is 11.8 Å². The summed E-state index contributed by atoms with van der Waals surface area (Å²) in [5, 5.41) is 2.18. The molecule has 3 atom stereocenters. The molecule has 0 amide bonds. The van der Waals surface area contributed by atoms with Gasteiger partial charge in [0.05, 0.1) is 6.20 Å². The van der Waals surface area contributed by atoms with E-state index in [2.05, 4.69) is 44.3 Å². The summed E-state index contributed by atoms with van der Waals surface area (Å²) in [6.45, 7) is 3.59. The fraction of sp³-hybridized carbons (Fsp3) is 0.529. The Labute approximate surface area is 135 Å². The van der Waals surface area contributed by atoms with Crippen molar-refractivity contribution in [3.63, 3.8) is 0 Å². The molecule has 116 valence electrons. The second kappa shape index (κ2) is 5.97. The van der Waals surface area contributed by atoms with Crippen molar-refractivity contribution in [2.75, 3.05) is 25.0 Å². The van der Waals surface area contributed by atoms with Gasteiger partial charge in [-0.1, -0.05) is 6.07 Å². The van der Waals surface area contributed by atoms with Gasteiger partial charge in [-0.3, -0.25) is 9.88 Å². The number of hydrogen-bond donors (Lipinski definition) is 0. The predicted molar refractivity (Wildman–Crippen MR) is 90.0 cm³/mol. The molecule has 0 aromatic carbocycles. The molecule has 2 aromatic rings. The van der Waals surface area contributed by atoms with Crippen LogP contribution in [0.15, 0.2) is 36.1 Å². The number of thiophene rings is 1. The van der Waals surface area contributed by atoms with E-state index in [1.54, 1.807) is 12.4 Å². The highest BCUT2D eigenvalue weighted by Crippen LogP contribution is 2.41. The van der Waals surface area contributed by atoms with Crippen molar-refractivity contribution in [2.45, 2.75) is 25.4 Å². The molecule has 0 radical (unpaired) electrons. The van der Waals surface area contributed by atoms with Crippen LogP contribution < -0.4 is 4.90 Å². The highest BCUT2D eigenvalue weighted by atomic mass is 32.1. The first-order chi connectivity index (χ1) is 10.8. The van der Waals surface area contributed by atoms with Crippen molar-refractivity contribution in [3.8, 4) is 0 Å². The Kier molecular flexibility index (Phi) is 3.84. The lowest BCUT2D eigenvalue weighted by molar-refractivity contribution is 0.299. The number of fused-ring (bicyclic) bond motifs is 1. The molecule has 1 saturated carbocycles. The van der Waals surface area contributed by atoms with E-state index in [0.29, 0.717) is 6.04 Å². The summed E-state index contributed by atoms with van der Waals surface area (Å²) in [6.07, 6.45) is 8.05. The average Bonchev–Trinajstić information content (AvgIpc) is 3.25. The molecule has 2 aromatic heterocycles. The van der Waals surface area contributed by atoms with Crippen molar-refractivity contribution in [1.29, 1.82) is 0 Å². The Hall–Kier alpha value is -1.46. The molecule has 5 heteroatoms. The van der Waals surface area contributed by atoms with Crippen LogP contribution in [0.3, 0.4) is 0 Å². The first kappa shape index (κ1) is 14.2. The van der Waals surface area contributed by atoms with Crippen molar-refractivity contribution < 1.29 is 0 Å². The van der Waals surface area contributed by atoms with E-state index in [4.69, 9.17) is 0 Å². The lowest BCUT2D eigenvalue weighted by atomic mass is 9.97. The first-order valence-electron chi connectivity index (χ1n) is 8.05. The number of rotatable bonds is 4. The lowest BCUT2D eigenvalue weighted by Gasteiger charge is -2.30. The van der Waals surface area contributed by atoms with E-state index >= 15 is 0 Å². The Bertz CT molecular complexity index is 600. The Morgan fingerprint density at radius 1 is 1.32 bits per heavy atom. The smallest absolute Gasteiger partial charge is 0.147 e. The monoisotopic (exact) mass is 314 g/mol. The van der Waals surface area contributed by atoms with Gasteiger partial charge in [-0.05, 0) is 36.1 Å². The SMILES string of the molecule is CN(c1cnccn1)[C@@H]1CC[C@@H]2CN(Cc3cccs3)C[C@@H]21. The molecule has 2 aliphatic rings. The summed E-state index contributed by atoms with van der Waals surface area (Å²) in [6, 6.07) is 5.01. The minimum Gasteiger partial charge on any atom is -0.355 e. The average molecular weight is 314 g/mol. The molecular weight excluding hydrogens is 292 g/mol. The Morgan fingerprint density at radius 3 is 3.05 bits per heavy atom. The summed E-state index contributed by atoms with van der Waals surface area (Å²) in [5.74, 6) is 2.63. The summed E-state index contributed by atoms with van der Waals surface area (Å²) in [4.78, 5) is 15.2. The zero-order chi connectivity index (χ0) is 14.9. The largest absolute Gasteiger partial charge is 0.355 e. The molecule has 4 nitrogen and oxygen atoms in total. The molecule has 1 aliphatic carbocycles. The van der Waals surface area contributed by atoms with Gasteiger partial charge in [0.2, 0.25) is 0 Å². The predicted octanol–water partition coefficient (Wildman–Crippen LogP) is 2.88. The van der Waals surface area contributed by atoms with Crippen molar-refractivity contribution in [2.24, 2.45) is 11.8 Å². The zero-order valence-corrected chi connectivity index (χ0v) is 13.7. The number of anilines is 1. The Morgan fingerprint density at radius 2 is 2.27 bits per heavy atom. The van der Waals surface area contributed by atoms with Gasteiger partial charge in [-0.15, -0.1) is 11.3 Å². The Balaban J connectivity index is 1.44. The molecular formula is C17H22N4S. The first-order valence-corrected chi connectivity index (χ1v) is 8.93. The zero-order valence-electron chi connectivity index (χ0n) is 12.9. The highest BCUT2D eigenvalue weighted by Gasteiger charge is 2.44. The van der Waals surface area contributed by atoms with Crippen LogP contribution in [0.5, 0.6) is 0 Å². The second-order valence-electron chi connectivity index (χ2n) is 6.52. The number of likely N-dealkylation sites (tertiary alicyclic amines) is 1. The molecule has 0 unspecified atom stereocenters. The van der Waals surface area contributed by atoms with Gasteiger partial charge < -0.3 is 4.90 Å². The normalized spacial score (nSPS) is 28.0. The second-order valence-corrected chi connectivity index (χ2v) is 7.55. The fourth-order valence-electron chi connectivity index (χ4n) is 4.21. The van der Waals surface area contributed by atoms with Crippen LogP contribution >= 0.6 is 11.3 Å². The molecule has 1 aliphatic heterocycles. The number of hydrogen-bond acceptors (Lipinski definition) is 5. The van der Waals surface area contributed by atoms with Gasteiger partial charge in [0.1, 0.15) is 5.82 Å². The summed E-state index contributed by atoms with van der Waals surface area (Å²) in [5.41, 5.74) is 0. The van der Waals surface area contributed by atoms with E-state index in [1.165, 1.54) is 30.8 Å². The quantitative estimate of drug-likeness (QED) is 0.868. The summed E-state index contributed by atoms with van der Waals surface area (Å²) >= 11 is 1.87. The number of nitrogens with zero attached hydrogens (tertiary/aromatic N) is 4. The number of aromatic nitrogens is 2. The summed E-state index contributed by atoms with van der Waals surface area (Å²) < 4.78 is 0. The standard InChI is InChI=1S/C17H22N4S/c1-20(17-9-18-6-7-19-17)16-5-4-13-10-21(12-15(13)16)11-14-3-2-8-22-14/h2-3,6-9,13,15-16H,4-5,10-12H2,1H3/t13-,15+,16-/m1/s1. The molecule has 0 spiro atoms. The van der Waals surface area contributed by atoms with Crippen molar-refractivity contribution in [1.82, 2.24) is 14.9 Å². The minimum atomic E-state index is 0.607. The van der Waals surface area contributed by atoms with Crippen LogP contribution in [0.1, 0.15) is 17.7 Å². The maximum atomic E-state index is 4.47. The lowest BCUT2D eigenvalue weighted by Crippen LogP contribution is -2.38. The van der Waals surface area contributed by atoms with Crippen LogP contribution in [0.4, 0.5) is 5.82 Å². The van der Waals surface area contributed by atoms with Gasteiger partial charge in [-0.2, -0.15) is 0 Å². The van der Waals surface area contributed by atoms with Gasteiger partial charge in [0.25, 0.3) is 0 Å². The minimum absolute atomic E-state index is 0.607. The third-order valence-electron chi connectivity index (χ3n) is 5.26. The van der Waals surface area contributed by atoms with Gasteiger partial charge in [0, 0.05) is 50.0 Å². The molecule has 3 heterocycles. The van der Waals surface area contributed by atoms with E-state index in [9.17, 15) is 0 Å². The van der Waals surface area contributed by atoms with E-state index in [-0.39, 0.29) is 0 Å². The van der Waals surface area contributed by atoms with Gasteiger partial charge in [0.15, 0.2) is 0 Å². The maximum Gasteiger partial charge on any atom is 0.147 e. The highest BCUT2D eigenvalue weighted by molar-refractivity contribution is 7.09. The summed E-state index contributed by atoms with van der Waals surface area (Å²) in [7, 11) is 2.18. The molecule has 2 fully saturated rings. The van der Waals surface area contributed by atoms with Crippen LogP contribution in [0.2, 0.25) is 0 Å². The van der Waals surface area contributed by atoms with Crippen molar-refractivity contribution in [3.05, 3.63) is 41.0 Å². The van der Waals surface area contributed by atoms with E-state index < -0.39 is 0 Å². The van der Waals surface area contributed by atoms with Crippen LogP contribution in [0.25, 0.3) is 0 Å². The fourth-order valence-corrected chi connectivity index (χ4v) is 4.95. The van der Waals surface area contributed by atoms with Gasteiger partial charge >= 0.3 is 0 Å². The molecule has 0 N–H and O–H groups in total. The molecule has 22 heavy (non-hydrogen) atoms.